The number of benzene rings is 1. The number of aromatic nitrogens is 3. The third-order valence-electron chi connectivity index (χ3n) is 4.77. The molecule has 0 spiro atoms. The summed E-state index contributed by atoms with van der Waals surface area (Å²) in [6, 6.07) is 21.6. The summed E-state index contributed by atoms with van der Waals surface area (Å²) in [7, 11) is 0. The SMILES string of the molecule is N#Cc1ccc(Nc2ncccc2CC(c2cccnc2)c2cccnc2)cc1. The molecule has 0 saturated carbocycles. The maximum Gasteiger partial charge on any atom is 0.133 e. The quantitative estimate of drug-likeness (QED) is 0.519. The molecule has 0 fully saturated rings. The smallest absolute Gasteiger partial charge is 0.133 e. The molecule has 0 aliphatic heterocycles. The first-order valence-electron chi connectivity index (χ1n) is 9.34. The predicted octanol–water partition coefficient (Wildman–Crippen LogP) is 4.86. The minimum Gasteiger partial charge on any atom is -0.340 e. The summed E-state index contributed by atoms with van der Waals surface area (Å²) < 4.78 is 0. The zero-order valence-electron chi connectivity index (χ0n) is 15.7. The third kappa shape index (κ3) is 4.45. The lowest BCUT2D eigenvalue weighted by atomic mass is 9.87. The van der Waals surface area contributed by atoms with Crippen LogP contribution in [0.5, 0.6) is 0 Å². The Hall–Kier alpha value is -4.04. The number of nitrogens with zero attached hydrogens (tertiary/aromatic N) is 4. The average molecular weight is 377 g/mol. The molecule has 4 rings (SSSR count). The van der Waals surface area contributed by atoms with Crippen molar-refractivity contribution in [1.82, 2.24) is 15.0 Å². The summed E-state index contributed by atoms with van der Waals surface area (Å²) in [5, 5.41) is 12.4. The number of rotatable bonds is 6. The molecule has 5 nitrogen and oxygen atoms in total. The molecule has 0 radical (unpaired) electrons. The molecule has 0 saturated heterocycles. The first-order valence-corrected chi connectivity index (χ1v) is 9.34. The fourth-order valence-electron chi connectivity index (χ4n) is 3.29. The highest BCUT2D eigenvalue weighted by Crippen LogP contribution is 2.30. The van der Waals surface area contributed by atoms with Gasteiger partial charge in [-0.05, 0) is 65.6 Å². The number of anilines is 2. The van der Waals surface area contributed by atoms with Gasteiger partial charge < -0.3 is 5.32 Å². The standard InChI is InChI=1S/C24H19N5/c25-15-18-7-9-22(10-8-18)29-24-19(4-3-13-28-24)14-23(20-5-1-11-26-16-20)21-6-2-12-27-17-21/h1-13,16-17,23H,14H2,(H,28,29). The van der Waals surface area contributed by atoms with Gasteiger partial charge in [0.15, 0.2) is 0 Å². The Balaban J connectivity index is 1.65. The summed E-state index contributed by atoms with van der Waals surface area (Å²) in [4.78, 5) is 13.2. The molecule has 29 heavy (non-hydrogen) atoms. The molecule has 0 aliphatic rings. The lowest BCUT2D eigenvalue weighted by molar-refractivity contribution is 0.793. The van der Waals surface area contributed by atoms with Crippen LogP contribution in [-0.4, -0.2) is 15.0 Å². The van der Waals surface area contributed by atoms with Crippen molar-refractivity contribution in [2.24, 2.45) is 0 Å². The zero-order chi connectivity index (χ0) is 19.9. The van der Waals surface area contributed by atoms with E-state index >= 15 is 0 Å². The maximum atomic E-state index is 8.98. The molecule has 1 aromatic carbocycles. The van der Waals surface area contributed by atoms with Gasteiger partial charge in [0.05, 0.1) is 11.6 Å². The van der Waals surface area contributed by atoms with Gasteiger partial charge in [-0.2, -0.15) is 5.26 Å². The van der Waals surface area contributed by atoms with Crippen LogP contribution in [-0.2, 0) is 6.42 Å². The van der Waals surface area contributed by atoms with E-state index < -0.39 is 0 Å². The normalized spacial score (nSPS) is 10.5. The van der Waals surface area contributed by atoms with Crippen molar-refractivity contribution < 1.29 is 0 Å². The number of hydrogen-bond acceptors (Lipinski definition) is 5. The zero-order valence-corrected chi connectivity index (χ0v) is 15.7. The van der Waals surface area contributed by atoms with Crippen LogP contribution >= 0.6 is 0 Å². The van der Waals surface area contributed by atoms with Gasteiger partial charge in [-0.3, -0.25) is 9.97 Å². The van der Waals surface area contributed by atoms with Gasteiger partial charge in [-0.25, -0.2) is 4.98 Å². The van der Waals surface area contributed by atoms with Crippen LogP contribution in [0.25, 0.3) is 0 Å². The van der Waals surface area contributed by atoms with E-state index in [-0.39, 0.29) is 5.92 Å². The van der Waals surface area contributed by atoms with Crippen LogP contribution < -0.4 is 5.32 Å². The van der Waals surface area contributed by atoms with E-state index in [0.29, 0.717) is 5.56 Å². The van der Waals surface area contributed by atoms with Gasteiger partial charge in [0.25, 0.3) is 0 Å². The van der Waals surface area contributed by atoms with Crippen LogP contribution in [0, 0.1) is 11.3 Å². The number of nitrogens with one attached hydrogen (secondary N) is 1. The molecule has 5 heteroatoms. The third-order valence-corrected chi connectivity index (χ3v) is 4.77. The molecule has 0 bridgehead atoms. The first kappa shape index (κ1) is 18.3. The second kappa shape index (κ2) is 8.77. The number of pyridine rings is 3. The Labute approximate surface area is 169 Å². The summed E-state index contributed by atoms with van der Waals surface area (Å²) in [5.41, 5.74) is 4.88. The number of nitriles is 1. The van der Waals surface area contributed by atoms with Crippen LogP contribution in [0.3, 0.4) is 0 Å². The van der Waals surface area contributed by atoms with Gasteiger partial charge in [-0.15, -0.1) is 0 Å². The second-order valence-electron chi connectivity index (χ2n) is 6.65. The Morgan fingerprint density at radius 3 is 2.07 bits per heavy atom. The Morgan fingerprint density at radius 2 is 1.48 bits per heavy atom. The summed E-state index contributed by atoms with van der Waals surface area (Å²) in [6.45, 7) is 0. The molecule has 1 N–H and O–H groups in total. The summed E-state index contributed by atoms with van der Waals surface area (Å²) in [5.74, 6) is 0.915. The van der Waals surface area contributed by atoms with Crippen molar-refractivity contribution in [3.05, 3.63) is 114 Å². The predicted molar refractivity (Wildman–Crippen MR) is 113 cm³/mol. The second-order valence-corrected chi connectivity index (χ2v) is 6.65. The highest BCUT2D eigenvalue weighted by molar-refractivity contribution is 5.60. The largest absolute Gasteiger partial charge is 0.340 e. The highest BCUT2D eigenvalue weighted by Gasteiger charge is 2.18. The highest BCUT2D eigenvalue weighted by atomic mass is 15.0. The molecular formula is C24H19N5. The Kier molecular flexibility index (Phi) is 5.54. The van der Waals surface area contributed by atoms with Gasteiger partial charge in [0, 0.05) is 42.6 Å². The molecule has 0 aliphatic carbocycles. The first-order chi connectivity index (χ1) is 14.3. The van der Waals surface area contributed by atoms with Crippen molar-refractivity contribution in [2.75, 3.05) is 5.32 Å². The fraction of sp³-hybridized carbons (Fsp3) is 0.0833. The van der Waals surface area contributed by atoms with E-state index in [4.69, 9.17) is 5.26 Å². The van der Waals surface area contributed by atoms with Crippen LogP contribution in [0.1, 0.15) is 28.2 Å². The lowest BCUT2D eigenvalue weighted by Crippen LogP contribution is -2.08. The molecule has 3 heterocycles. The molecule has 140 valence electrons. The average Bonchev–Trinajstić information content (AvgIpc) is 2.80. The van der Waals surface area contributed by atoms with Gasteiger partial charge >= 0.3 is 0 Å². The van der Waals surface area contributed by atoms with Crippen LogP contribution in [0.15, 0.2) is 91.6 Å². The van der Waals surface area contributed by atoms with Gasteiger partial charge in [0.1, 0.15) is 5.82 Å². The van der Waals surface area contributed by atoms with E-state index in [1.54, 1.807) is 30.7 Å². The van der Waals surface area contributed by atoms with Gasteiger partial charge in [-0.1, -0.05) is 18.2 Å². The fourth-order valence-corrected chi connectivity index (χ4v) is 3.29. The maximum absolute atomic E-state index is 8.98. The molecule has 4 aromatic rings. The van der Waals surface area contributed by atoms with E-state index in [1.165, 1.54) is 0 Å². The molecule has 0 unspecified atom stereocenters. The summed E-state index contributed by atoms with van der Waals surface area (Å²) >= 11 is 0. The monoisotopic (exact) mass is 377 g/mol. The van der Waals surface area contributed by atoms with E-state index in [2.05, 4.69) is 44.5 Å². The minimum atomic E-state index is 0.114. The molecule has 3 aromatic heterocycles. The van der Waals surface area contributed by atoms with E-state index in [1.807, 2.05) is 42.7 Å². The Bertz CT molecular complexity index is 1060. The van der Waals surface area contributed by atoms with Gasteiger partial charge in [0.2, 0.25) is 0 Å². The van der Waals surface area contributed by atoms with Crippen LogP contribution in [0.2, 0.25) is 0 Å². The molecule has 0 amide bonds. The molecular weight excluding hydrogens is 358 g/mol. The van der Waals surface area contributed by atoms with Crippen molar-refractivity contribution in [3.63, 3.8) is 0 Å². The van der Waals surface area contributed by atoms with Crippen LogP contribution in [0.4, 0.5) is 11.5 Å². The van der Waals surface area contributed by atoms with E-state index in [0.717, 1.165) is 34.6 Å². The lowest BCUT2D eigenvalue weighted by Gasteiger charge is -2.19. The minimum absolute atomic E-state index is 0.114. The summed E-state index contributed by atoms with van der Waals surface area (Å²) in [6.07, 6.45) is 9.91. The van der Waals surface area contributed by atoms with Crippen molar-refractivity contribution in [1.29, 1.82) is 5.26 Å². The number of hydrogen-bond donors (Lipinski definition) is 1. The van der Waals surface area contributed by atoms with Crippen molar-refractivity contribution in [3.8, 4) is 6.07 Å². The molecule has 0 atom stereocenters. The van der Waals surface area contributed by atoms with Crippen molar-refractivity contribution in [2.45, 2.75) is 12.3 Å². The van der Waals surface area contributed by atoms with E-state index in [9.17, 15) is 0 Å². The Morgan fingerprint density at radius 1 is 0.828 bits per heavy atom. The topological polar surface area (TPSA) is 74.5 Å². The van der Waals surface area contributed by atoms with Crippen molar-refractivity contribution >= 4 is 11.5 Å².